The lowest BCUT2D eigenvalue weighted by atomic mass is 9.72. The predicted molar refractivity (Wildman–Crippen MR) is 87.6 cm³/mol. The molecule has 2 fully saturated rings. The fraction of sp³-hybridized carbons (Fsp3) is 0.824. The minimum Gasteiger partial charge on any atom is -0.325 e. The molecule has 0 aromatic carbocycles. The SMILES string of the molecule is CCc1nn(CC)c(CC2(N)CCCC(C3CC3)C2)c1Cl. The molecule has 2 unspecified atom stereocenters. The first kappa shape index (κ1) is 15.4. The van der Waals surface area contributed by atoms with Gasteiger partial charge in [0.2, 0.25) is 0 Å². The van der Waals surface area contributed by atoms with Crippen LogP contribution in [0.2, 0.25) is 5.02 Å². The molecule has 0 bridgehead atoms. The van der Waals surface area contributed by atoms with Gasteiger partial charge in [-0.05, 0) is 50.9 Å². The van der Waals surface area contributed by atoms with Gasteiger partial charge < -0.3 is 5.73 Å². The van der Waals surface area contributed by atoms with Crippen molar-refractivity contribution in [3.8, 4) is 0 Å². The molecule has 0 aliphatic heterocycles. The highest BCUT2D eigenvalue weighted by atomic mass is 35.5. The van der Waals surface area contributed by atoms with Crippen molar-refractivity contribution >= 4 is 11.6 Å². The highest BCUT2D eigenvalue weighted by Crippen LogP contribution is 2.46. The molecule has 118 valence electrons. The smallest absolute Gasteiger partial charge is 0.0850 e. The standard InChI is InChI=1S/C17H28ClN3/c1-3-14-16(18)15(21(4-2)20-14)11-17(19)9-5-6-13(10-17)12-7-8-12/h12-13H,3-11,19H2,1-2H3. The van der Waals surface area contributed by atoms with Gasteiger partial charge in [0.25, 0.3) is 0 Å². The Morgan fingerprint density at radius 1 is 1.29 bits per heavy atom. The van der Waals surface area contributed by atoms with Gasteiger partial charge in [0.05, 0.1) is 16.4 Å². The van der Waals surface area contributed by atoms with E-state index in [1.165, 1.54) is 32.1 Å². The summed E-state index contributed by atoms with van der Waals surface area (Å²) in [5.74, 6) is 1.82. The molecular formula is C17H28ClN3. The van der Waals surface area contributed by atoms with Crippen LogP contribution in [0.3, 0.4) is 0 Å². The lowest BCUT2D eigenvalue weighted by Gasteiger charge is -2.38. The van der Waals surface area contributed by atoms with E-state index in [-0.39, 0.29) is 5.54 Å². The van der Waals surface area contributed by atoms with E-state index >= 15 is 0 Å². The third-order valence-electron chi connectivity index (χ3n) is 5.42. The van der Waals surface area contributed by atoms with Gasteiger partial charge in [-0.25, -0.2) is 0 Å². The van der Waals surface area contributed by atoms with E-state index in [0.717, 1.165) is 54.1 Å². The normalized spacial score (nSPS) is 29.8. The minimum atomic E-state index is -0.0763. The quantitative estimate of drug-likeness (QED) is 0.894. The fourth-order valence-corrected chi connectivity index (χ4v) is 4.43. The molecule has 1 aromatic rings. The van der Waals surface area contributed by atoms with Crippen molar-refractivity contribution in [2.45, 2.75) is 77.3 Å². The largest absolute Gasteiger partial charge is 0.325 e. The summed E-state index contributed by atoms with van der Waals surface area (Å²) in [6, 6.07) is 0. The number of aromatic nitrogens is 2. The van der Waals surface area contributed by atoms with Crippen molar-refractivity contribution in [2.75, 3.05) is 0 Å². The zero-order valence-electron chi connectivity index (χ0n) is 13.4. The van der Waals surface area contributed by atoms with Crippen molar-refractivity contribution in [1.82, 2.24) is 9.78 Å². The first-order chi connectivity index (χ1) is 10.1. The summed E-state index contributed by atoms with van der Waals surface area (Å²) in [6.07, 6.45) is 9.58. The Balaban J connectivity index is 1.79. The zero-order chi connectivity index (χ0) is 15.0. The maximum absolute atomic E-state index is 6.79. The molecule has 2 N–H and O–H groups in total. The van der Waals surface area contributed by atoms with Crippen LogP contribution >= 0.6 is 11.6 Å². The van der Waals surface area contributed by atoms with Crippen LogP contribution in [-0.4, -0.2) is 15.3 Å². The maximum atomic E-state index is 6.79. The molecular weight excluding hydrogens is 282 g/mol. The minimum absolute atomic E-state index is 0.0763. The van der Waals surface area contributed by atoms with Crippen molar-refractivity contribution < 1.29 is 0 Å². The van der Waals surface area contributed by atoms with Crippen LogP contribution in [0, 0.1) is 11.8 Å². The molecule has 0 spiro atoms. The van der Waals surface area contributed by atoms with E-state index < -0.39 is 0 Å². The monoisotopic (exact) mass is 309 g/mol. The molecule has 1 heterocycles. The lowest BCUT2D eigenvalue weighted by Crippen LogP contribution is -2.47. The summed E-state index contributed by atoms with van der Waals surface area (Å²) in [4.78, 5) is 0. The number of hydrogen-bond acceptors (Lipinski definition) is 2. The first-order valence-corrected chi connectivity index (χ1v) is 8.97. The lowest BCUT2D eigenvalue weighted by molar-refractivity contribution is 0.201. The predicted octanol–water partition coefficient (Wildman–Crippen LogP) is 3.96. The highest BCUT2D eigenvalue weighted by molar-refractivity contribution is 6.31. The number of nitrogens with two attached hydrogens (primary N) is 1. The number of nitrogens with zero attached hydrogens (tertiary/aromatic N) is 2. The Morgan fingerprint density at radius 2 is 2.05 bits per heavy atom. The Labute approximate surface area is 133 Å². The number of halogens is 1. The van der Waals surface area contributed by atoms with E-state index in [4.69, 9.17) is 17.3 Å². The highest BCUT2D eigenvalue weighted by Gasteiger charge is 2.40. The molecule has 2 aliphatic carbocycles. The van der Waals surface area contributed by atoms with Gasteiger partial charge in [-0.15, -0.1) is 0 Å². The van der Waals surface area contributed by atoms with Gasteiger partial charge in [-0.3, -0.25) is 4.68 Å². The molecule has 3 rings (SSSR count). The van der Waals surface area contributed by atoms with E-state index in [1.807, 2.05) is 0 Å². The van der Waals surface area contributed by atoms with Crippen molar-refractivity contribution in [2.24, 2.45) is 17.6 Å². The van der Waals surface area contributed by atoms with Crippen LogP contribution in [0.4, 0.5) is 0 Å². The van der Waals surface area contributed by atoms with Gasteiger partial charge in [0.1, 0.15) is 0 Å². The van der Waals surface area contributed by atoms with E-state index in [1.54, 1.807) is 0 Å². The van der Waals surface area contributed by atoms with Gasteiger partial charge >= 0.3 is 0 Å². The molecule has 3 nitrogen and oxygen atoms in total. The van der Waals surface area contributed by atoms with Crippen LogP contribution in [-0.2, 0) is 19.4 Å². The van der Waals surface area contributed by atoms with Gasteiger partial charge in [0, 0.05) is 18.5 Å². The summed E-state index contributed by atoms with van der Waals surface area (Å²) in [5.41, 5.74) is 8.90. The Hall–Kier alpha value is -0.540. The van der Waals surface area contributed by atoms with E-state index in [9.17, 15) is 0 Å². The summed E-state index contributed by atoms with van der Waals surface area (Å²) in [6.45, 7) is 5.11. The van der Waals surface area contributed by atoms with E-state index in [0.29, 0.717) is 0 Å². The number of hydrogen-bond donors (Lipinski definition) is 1. The second-order valence-corrected chi connectivity index (χ2v) is 7.49. The average molecular weight is 310 g/mol. The van der Waals surface area contributed by atoms with Crippen LogP contribution in [0.25, 0.3) is 0 Å². The average Bonchev–Trinajstić information content (AvgIpc) is 3.27. The van der Waals surface area contributed by atoms with Gasteiger partial charge in [0.15, 0.2) is 0 Å². The summed E-state index contributed by atoms with van der Waals surface area (Å²) < 4.78 is 2.07. The molecule has 4 heteroatoms. The maximum Gasteiger partial charge on any atom is 0.0850 e. The Bertz CT molecular complexity index is 506. The Kier molecular flexibility index (Phi) is 4.33. The second-order valence-electron chi connectivity index (χ2n) is 7.11. The van der Waals surface area contributed by atoms with Gasteiger partial charge in [-0.2, -0.15) is 5.10 Å². The molecule has 0 amide bonds. The topological polar surface area (TPSA) is 43.8 Å². The van der Waals surface area contributed by atoms with Crippen molar-refractivity contribution in [3.05, 3.63) is 16.4 Å². The molecule has 1 aromatic heterocycles. The van der Waals surface area contributed by atoms with Crippen LogP contribution < -0.4 is 5.73 Å². The second kappa shape index (κ2) is 5.92. The number of aryl methyl sites for hydroxylation is 2. The molecule has 0 radical (unpaired) electrons. The fourth-order valence-electron chi connectivity index (χ4n) is 4.09. The molecule has 2 atom stereocenters. The molecule has 21 heavy (non-hydrogen) atoms. The summed E-state index contributed by atoms with van der Waals surface area (Å²) in [5, 5.41) is 5.50. The molecule has 2 aliphatic rings. The summed E-state index contributed by atoms with van der Waals surface area (Å²) >= 11 is 6.56. The van der Waals surface area contributed by atoms with Crippen molar-refractivity contribution in [1.29, 1.82) is 0 Å². The van der Waals surface area contributed by atoms with Crippen LogP contribution in [0.15, 0.2) is 0 Å². The third kappa shape index (κ3) is 3.14. The van der Waals surface area contributed by atoms with Crippen molar-refractivity contribution in [3.63, 3.8) is 0 Å². The van der Waals surface area contributed by atoms with E-state index in [2.05, 4.69) is 23.6 Å². The Morgan fingerprint density at radius 3 is 2.67 bits per heavy atom. The molecule has 2 saturated carbocycles. The van der Waals surface area contributed by atoms with Crippen LogP contribution in [0.5, 0.6) is 0 Å². The van der Waals surface area contributed by atoms with Crippen LogP contribution in [0.1, 0.15) is 63.8 Å². The number of rotatable bonds is 5. The van der Waals surface area contributed by atoms with Gasteiger partial charge in [-0.1, -0.05) is 31.4 Å². The zero-order valence-corrected chi connectivity index (χ0v) is 14.1. The first-order valence-electron chi connectivity index (χ1n) is 8.59. The third-order valence-corrected chi connectivity index (χ3v) is 5.86. The molecule has 0 saturated heterocycles. The summed E-state index contributed by atoms with van der Waals surface area (Å²) in [7, 11) is 0.